The number of carbonyl (C=O) groups excluding carboxylic acids is 3. The van der Waals surface area contributed by atoms with Crippen molar-refractivity contribution in [3.8, 4) is 5.75 Å². The number of thiocarbonyl (C=S) groups is 1. The molecule has 0 unspecified atom stereocenters. The fourth-order valence-electron chi connectivity index (χ4n) is 4.90. The minimum absolute atomic E-state index is 0.0594. The van der Waals surface area contributed by atoms with Gasteiger partial charge in [0.2, 0.25) is 5.91 Å². The molecule has 2 saturated heterocycles. The molecule has 208 valence electrons. The van der Waals surface area contributed by atoms with Crippen molar-refractivity contribution in [2.75, 3.05) is 50.1 Å². The van der Waals surface area contributed by atoms with Crippen molar-refractivity contribution in [1.29, 1.82) is 0 Å². The summed E-state index contributed by atoms with van der Waals surface area (Å²) in [6, 6.07) is 12.9. The Morgan fingerprint density at radius 1 is 1.08 bits per heavy atom. The topological polar surface area (TPSA) is 91.4 Å². The molecule has 2 aliphatic heterocycles. The third-order valence-electron chi connectivity index (χ3n) is 7.22. The van der Waals surface area contributed by atoms with Gasteiger partial charge in [-0.3, -0.25) is 14.5 Å². The van der Waals surface area contributed by atoms with Crippen molar-refractivity contribution >= 4 is 46.5 Å². The first-order valence-electron chi connectivity index (χ1n) is 13.4. The fourth-order valence-corrected chi connectivity index (χ4v) is 5.32. The number of esters is 1. The van der Waals surface area contributed by atoms with E-state index in [-0.39, 0.29) is 24.8 Å². The molecule has 9 nitrogen and oxygen atoms in total. The highest BCUT2D eigenvalue weighted by Crippen LogP contribution is 2.30. The minimum atomic E-state index is -0.730. The monoisotopic (exact) mass is 552 g/mol. The van der Waals surface area contributed by atoms with E-state index >= 15 is 0 Å². The van der Waals surface area contributed by atoms with Crippen LogP contribution in [0.4, 0.5) is 11.4 Å². The minimum Gasteiger partial charge on any atom is -0.497 e. The summed E-state index contributed by atoms with van der Waals surface area (Å²) >= 11 is 5.80. The van der Waals surface area contributed by atoms with Gasteiger partial charge in [0.1, 0.15) is 11.8 Å². The average molecular weight is 553 g/mol. The molecule has 0 radical (unpaired) electrons. The van der Waals surface area contributed by atoms with Gasteiger partial charge in [-0.25, -0.2) is 4.79 Å². The molecule has 4 rings (SSSR count). The maximum absolute atomic E-state index is 13.7. The van der Waals surface area contributed by atoms with Crippen LogP contribution in [0.5, 0.6) is 5.75 Å². The SMILES string of the molecule is CCOC(=O)c1ccc(NC(=O)C[C@H]2C(=O)N(c3cccc(OC)c3)C(=S)N2CCN2CCC(C)CC2)cc1. The van der Waals surface area contributed by atoms with Gasteiger partial charge < -0.3 is 24.6 Å². The van der Waals surface area contributed by atoms with E-state index in [9.17, 15) is 14.4 Å². The molecular weight excluding hydrogens is 516 g/mol. The average Bonchev–Trinajstić information content (AvgIpc) is 3.16. The van der Waals surface area contributed by atoms with Crippen molar-refractivity contribution in [1.82, 2.24) is 9.80 Å². The molecule has 2 amide bonds. The van der Waals surface area contributed by atoms with Gasteiger partial charge in [0, 0.05) is 24.8 Å². The Morgan fingerprint density at radius 2 is 1.79 bits per heavy atom. The van der Waals surface area contributed by atoms with Crippen LogP contribution in [0, 0.1) is 5.92 Å². The molecule has 0 bridgehead atoms. The number of hydrogen-bond acceptors (Lipinski definition) is 7. The smallest absolute Gasteiger partial charge is 0.338 e. The second kappa shape index (κ2) is 13.0. The number of rotatable bonds is 10. The van der Waals surface area contributed by atoms with Crippen molar-refractivity contribution in [3.05, 3.63) is 54.1 Å². The molecule has 0 saturated carbocycles. The van der Waals surface area contributed by atoms with E-state index in [1.54, 1.807) is 50.4 Å². The first-order chi connectivity index (χ1) is 18.8. The summed E-state index contributed by atoms with van der Waals surface area (Å²) in [5, 5.41) is 3.23. The van der Waals surface area contributed by atoms with Crippen LogP contribution in [0.15, 0.2) is 48.5 Å². The van der Waals surface area contributed by atoms with Crippen LogP contribution < -0.4 is 15.0 Å². The highest BCUT2D eigenvalue weighted by atomic mass is 32.1. The Balaban J connectivity index is 1.48. The number of hydrogen-bond donors (Lipinski definition) is 1. The number of anilines is 2. The normalized spacial score (nSPS) is 18.4. The summed E-state index contributed by atoms with van der Waals surface area (Å²) in [5.41, 5.74) is 1.54. The second-order valence-electron chi connectivity index (χ2n) is 9.94. The zero-order valence-corrected chi connectivity index (χ0v) is 23.5. The summed E-state index contributed by atoms with van der Waals surface area (Å²) in [5.74, 6) is 0.362. The van der Waals surface area contributed by atoms with E-state index in [2.05, 4.69) is 17.1 Å². The molecule has 2 aromatic carbocycles. The van der Waals surface area contributed by atoms with E-state index in [1.807, 2.05) is 17.0 Å². The zero-order valence-electron chi connectivity index (χ0n) is 22.7. The number of benzene rings is 2. The van der Waals surface area contributed by atoms with Gasteiger partial charge >= 0.3 is 5.97 Å². The third-order valence-corrected chi connectivity index (χ3v) is 7.64. The third kappa shape index (κ3) is 6.93. The molecule has 10 heteroatoms. The Kier molecular flexibility index (Phi) is 9.53. The van der Waals surface area contributed by atoms with Gasteiger partial charge in [0.05, 0.1) is 31.4 Å². The van der Waals surface area contributed by atoms with Crippen LogP contribution in [0.2, 0.25) is 0 Å². The summed E-state index contributed by atoms with van der Waals surface area (Å²) in [4.78, 5) is 44.5. The Morgan fingerprint density at radius 3 is 2.46 bits per heavy atom. The summed E-state index contributed by atoms with van der Waals surface area (Å²) in [6.07, 6.45) is 2.25. The lowest BCUT2D eigenvalue weighted by Crippen LogP contribution is -2.44. The first-order valence-corrected chi connectivity index (χ1v) is 13.8. The predicted molar refractivity (Wildman–Crippen MR) is 154 cm³/mol. The Bertz CT molecular complexity index is 1200. The molecule has 1 N–H and O–H groups in total. The molecule has 1 atom stereocenters. The van der Waals surface area contributed by atoms with E-state index in [4.69, 9.17) is 21.7 Å². The van der Waals surface area contributed by atoms with Crippen molar-refractivity contribution in [2.24, 2.45) is 5.92 Å². The molecule has 0 spiro atoms. The molecular formula is C29H36N4O5S. The number of carbonyl (C=O) groups is 3. The largest absolute Gasteiger partial charge is 0.497 e. The van der Waals surface area contributed by atoms with Crippen LogP contribution in [0.1, 0.15) is 43.5 Å². The number of likely N-dealkylation sites (tertiary alicyclic amines) is 1. The van der Waals surface area contributed by atoms with Crippen LogP contribution in [-0.2, 0) is 14.3 Å². The Labute approximate surface area is 235 Å². The van der Waals surface area contributed by atoms with Gasteiger partial charge in [-0.2, -0.15) is 0 Å². The van der Waals surface area contributed by atoms with E-state index in [0.29, 0.717) is 34.3 Å². The van der Waals surface area contributed by atoms with Crippen molar-refractivity contribution in [2.45, 2.75) is 39.2 Å². The van der Waals surface area contributed by atoms with E-state index < -0.39 is 12.0 Å². The van der Waals surface area contributed by atoms with Gasteiger partial charge in [-0.15, -0.1) is 0 Å². The van der Waals surface area contributed by atoms with Crippen molar-refractivity contribution in [3.63, 3.8) is 0 Å². The number of ether oxygens (including phenoxy) is 2. The zero-order chi connectivity index (χ0) is 27.9. The lowest BCUT2D eigenvalue weighted by molar-refractivity contribution is -0.124. The van der Waals surface area contributed by atoms with Crippen LogP contribution in [0.25, 0.3) is 0 Å². The Hall–Kier alpha value is -3.50. The van der Waals surface area contributed by atoms with E-state index in [1.165, 1.54) is 4.90 Å². The van der Waals surface area contributed by atoms with Crippen LogP contribution in [0.3, 0.4) is 0 Å². The summed E-state index contributed by atoms with van der Waals surface area (Å²) < 4.78 is 10.4. The maximum Gasteiger partial charge on any atom is 0.338 e. The number of nitrogens with zero attached hydrogens (tertiary/aromatic N) is 3. The van der Waals surface area contributed by atoms with Crippen LogP contribution >= 0.6 is 12.2 Å². The molecule has 2 aliphatic rings. The molecule has 39 heavy (non-hydrogen) atoms. The van der Waals surface area contributed by atoms with Crippen molar-refractivity contribution < 1.29 is 23.9 Å². The standard InChI is InChI=1S/C29H36N4O5S/c1-4-38-28(36)21-8-10-22(11-9-21)30-26(34)19-25-27(35)33(23-6-5-7-24(18-23)37-3)29(39)32(25)17-16-31-14-12-20(2)13-15-31/h5-11,18,20,25H,4,12-17,19H2,1-3H3,(H,30,34)/t25-/m0/s1. The second-order valence-corrected chi connectivity index (χ2v) is 10.3. The lowest BCUT2D eigenvalue weighted by Gasteiger charge is -2.32. The highest BCUT2D eigenvalue weighted by Gasteiger charge is 2.44. The molecule has 2 fully saturated rings. The van der Waals surface area contributed by atoms with Gasteiger partial charge in [0.15, 0.2) is 5.11 Å². The maximum atomic E-state index is 13.7. The molecule has 0 aliphatic carbocycles. The quantitative estimate of drug-likeness (QED) is 0.350. The predicted octanol–water partition coefficient (Wildman–Crippen LogP) is 3.93. The molecule has 2 heterocycles. The number of nitrogens with one attached hydrogen (secondary N) is 1. The van der Waals surface area contributed by atoms with E-state index in [0.717, 1.165) is 38.4 Å². The van der Waals surface area contributed by atoms with Gasteiger partial charge in [0.25, 0.3) is 5.91 Å². The number of amides is 2. The molecule has 2 aromatic rings. The van der Waals surface area contributed by atoms with Gasteiger partial charge in [-0.1, -0.05) is 13.0 Å². The summed E-state index contributed by atoms with van der Waals surface area (Å²) in [7, 11) is 1.57. The number of piperidine rings is 1. The summed E-state index contributed by atoms with van der Waals surface area (Å²) in [6.45, 7) is 7.65. The number of methoxy groups -OCH3 is 1. The van der Waals surface area contributed by atoms with Gasteiger partial charge in [-0.05, 0) is 87.4 Å². The van der Waals surface area contributed by atoms with Crippen LogP contribution in [-0.4, -0.2) is 78.6 Å². The highest BCUT2D eigenvalue weighted by molar-refractivity contribution is 7.80. The first kappa shape index (κ1) is 28.5. The fraction of sp³-hybridized carbons (Fsp3) is 0.448. The molecule has 0 aromatic heterocycles. The lowest BCUT2D eigenvalue weighted by atomic mass is 9.99.